The van der Waals surface area contributed by atoms with Crippen LogP contribution in [-0.4, -0.2) is 24.0 Å². The van der Waals surface area contributed by atoms with Gasteiger partial charge in [-0.05, 0) is 5.56 Å². The van der Waals surface area contributed by atoms with Crippen LogP contribution in [0.1, 0.15) is 5.56 Å². The van der Waals surface area contributed by atoms with Crippen LogP contribution < -0.4 is 5.32 Å². The van der Waals surface area contributed by atoms with Crippen LogP contribution >= 0.6 is 0 Å². The quantitative estimate of drug-likeness (QED) is 0.460. The van der Waals surface area contributed by atoms with Crippen molar-refractivity contribution in [3.05, 3.63) is 33.9 Å². The molecule has 1 atom stereocenters. The SMILES string of the molecule is COC(=O)[C@H]1Cc2ccc([N+](=O)[O-])cc2N1. The van der Waals surface area contributed by atoms with Crippen molar-refractivity contribution in [1.29, 1.82) is 0 Å². The molecule has 1 heterocycles. The van der Waals surface area contributed by atoms with Crippen LogP contribution in [0.2, 0.25) is 0 Å². The first kappa shape index (κ1) is 10.4. The highest BCUT2D eigenvalue weighted by Crippen LogP contribution is 2.29. The molecule has 0 aliphatic carbocycles. The number of hydrogen-bond acceptors (Lipinski definition) is 5. The van der Waals surface area contributed by atoms with E-state index < -0.39 is 11.0 Å². The molecule has 0 unspecified atom stereocenters. The molecule has 1 aliphatic heterocycles. The summed E-state index contributed by atoms with van der Waals surface area (Å²) in [6.45, 7) is 0. The molecule has 2 rings (SSSR count). The monoisotopic (exact) mass is 222 g/mol. The predicted molar refractivity (Wildman–Crippen MR) is 56.2 cm³/mol. The number of fused-ring (bicyclic) bond motifs is 1. The number of nitrogens with one attached hydrogen (secondary N) is 1. The fraction of sp³-hybridized carbons (Fsp3) is 0.300. The highest BCUT2D eigenvalue weighted by atomic mass is 16.6. The maximum Gasteiger partial charge on any atom is 0.328 e. The number of carbonyl (C=O) groups excluding carboxylic acids is 1. The van der Waals surface area contributed by atoms with Gasteiger partial charge in [-0.15, -0.1) is 0 Å². The minimum absolute atomic E-state index is 0.0109. The van der Waals surface area contributed by atoms with Gasteiger partial charge in [-0.3, -0.25) is 10.1 Å². The number of nitro benzene ring substituents is 1. The molecule has 84 valence electrons. The second kappa shape index (κ2) is 3.80. The molecule has 0 saturated carbocycles. The van der Waals surface area contributed by atoms with Gasteiger partial charge in [-0.2, -0.15) is 0 Å². The summed E-state index contributed by atoms with van der Waals surface area (Å²) in [6, 6.07) is 4.07. The van der Waals surface area contributed by atoms with Crippen LogP contribution in [0.5, 0.6) is 0 Å². The molecule has 1 aliphatic rings. The number of rotatable bonds is 2. The summed E-state index contributed by atoms with van der Waals surface area (Å²) in [4.78, 5) is 21.4. The molecule has 1 N–H and O–H groups in total. The van der Waals surface area contributed by atoms with Gasteiger partial charge in [0.1, 0.15) is 6.04 Å². The molecular weight excluding hydrogens is 212 g/mol. The molecule has 0 amide bonds. The van der Waals surface area contributed by atoms with Crippen molar-refractivity contribution in [1.82, 2.24) is 0 Å². The predicted octanol–water partition coefficient (Wildman–Crippen LogP) is 1.10. The Kier molecular flexibility index (Phi) is 2.47. The minimum Gasteiger partial charge on any atom is -0.467 e. The highest BCUT2D eigenvalue weighted by molar-refractivity contribution is 5.83. The number of carbonyl (C=O) groups is 1. The van der Waals surface area contributed by atoms with Gasteiger partial charge in [0, 0.05) is 24.2 Å². The Bertz CT molecular complexity index is 458. The third-order valence-corrected chi connectivity index (χ3v) is 2.54. The molecular formula is C10H10N2O4. The topological polar surface area (TPSA) is 81.5 Å². The number of nitrogens with zero attached hydrogens (tertiary/aromatic N) is 1. The molecule has 6 nitrogen and oxygen atoms in total. The first-order chi connectivity index (χ1) is 7.61. The number of methoxy groups -OCH3 is 1. The van der Waals surface area contributed by atoms with E-state index in [1.54, 1.807) is 6.07 Å². The molecule has 1 aromatic carbocycles. The summed E-state index contributed by atoms with van der Waals surface area (Å²) in [5, 5.41) is 13.5. The first-order valence-electron chi connectivity index (χ1n) is 4.73. The lowest BCUT2D eigenvalue weighted by Crippen LogP contribution is -2.27. The summed E-state index contributed by atoms with van der Waals surface area (Å²) >= 11 is 0. The molecule has 16 heavy (non-hydrogen) atoms. The zero-order valence-corrected chi connectivity index (χ0v) is 8.60. The second-order valence-electron chi connectivity index (χ2n) is 3.52. The van der Waals surface area contributed by atoms with Gasteiger partial charge in [-0.25, -0.2) is 4.79 Å². The van der Waals surface area contributed by atoms with E-state index in [0.717, 1.165) is 5.56 Å². The summed E-state index contributed by atoms with van der Waals surface area (Å²) in [7, 11) is 1.31. The average Bonchev–Trinajstić information content (AvgIpc) is 2.70. The number of esters is 1. The summed E-state index contributed by atoms with van der Waals surface area (Å²) in [5.74, 6) is -0.362. The van der Waals surface area contributed by atoms with Gasteiger partial charge in [0.2, 0.25) is 0 Å². The normalized spacial score (nSPS) is 17.4. The van der Waals surface area contributed by atoms with E-state index in [0.29, 0.717) is 12.1 Å². The molecule has 6 heteroatoms. The van der Waals surface area contributed by atoms with E-state index in [-0.39, 0.29) is 11.7 Å². The number of benzene rings is 1. The maximum absolute atomic E-state index is 11.3. The number of nitro groups is 1. The third-order valence-electron chi connectivity index (χ3n) is 2.54. The molecule has 0 radical (unpaired) electrons. The summed E-state index contributed by atoms with van der Waals surface area (Å²) in [5.41, 5.74) is 1.53. The molecule has 0 aromatic heterocycles. The molecule has 0 bridgehead atoms. The van der Waals surface area contributed by atoms with E-state index in [4.69, 9.17) is 0 Å². The van der Waals surface area contributed by atoms with Crippen LogP contribution in [0.15, 0.2) is 18.2 Å². The zero-order chi connectivity index (χ0) is 11.7. The smallest absolute Gasteiger partial charge is 0.328 e. The lowest BCUT2D eigenvalue weighted by atomic mass is 10.1. The first-order valence-corrected chi connectivity index (χ1v) is 4.73. The largest absolute Gasteiger partial charge is 0.467 e. The Morgan fingerprint density at radius 3 is 3.00 bits per heavy atom. The van der Waals surface area contributed by atoms with Crippen molar-refractivity contribution in [2.75, 3.05) is 12.4 Å². The average molecular weight is 222 g/mol. The number of non-ortho nitro benzene ring substituents is 1. The Morgan fingerprint density at radius 1 is 1.62 bits per heavy atom. The second-order valence-corrected chi connectivity index (χ2v) is 3.52. The van der Waals surface area contributed by atoms with Crippen molar-refractivity contribution < 1.29 is 14.5 Å². The van der Waals surface area contributed by atoms with Crippen molar-refractivity contribution in [2.24, 2.45) is 0 Å². The van der Waals surface area contributed by atoms with Crippen LogP contribution in [-0.2, 0) is 16.0 Å². The van der Waals surface area contributed by atoms with E-state index in [1.165, 1.54) is 19.2 Å². The number of anilines is 1. The lowest BCUT2D eigenvalue weighted by Gasteiger charge is -2.07. The van der Waals surface area contributed by atoms with Gasteiger partial charge < -0.3 is 10.1 Å². The number of ether oxygens (including phenoxy) is 1. The number of hydrogen-bond donors (Lipinski definition) is 1. The van der Waals surface area contributed by atoms with E-state index >= 15 is 0 Å². The van der Waals surface area contributed by atoms with E-state index in [2.05, 4.69) is 10.1 Å². The molecule has 0 fully saturated rings. The Hall–Kier alpha value is -2.11. The van der Waals surface area contributed by atoms with Crippen molar-refractivity contribution in [2.45, 2.75) is 12.5 Å². The van der Waals surface area contributed by atoms with Crippen LogP contribution in [0.25, 0.3) is 0 Å². The zero-order valence-electron chi connectivity index (χ0n) is 8.60. The fourth-order valence-electron chi connectivity index (χ4n) is 1.73. The van der Waals surface area contributed by atoms with Crippen LogP contribution in [0.3, 0.4) is 0 Å². The van der Waals surface area contributed by atoms with Crippen LogP contribution in [0.4, 0.5) is 11.4 Å². The van der Waals surface area contributed by atoms with Gasteiger partial charge in [-0.1, -0.05) is 6.07 Å². The Morgan fingerprint density at radius 2 is 2.38 bits per heavy atom. The van der Waals surface area contributed by atoms with Gasteiger partial charge in [0.25, 0.3) is 5.69 Å². The van der Waals surface area contributed by atoms with Gasteiger partial charge in [0.15, 0.2) is 0 Å². The van der Waals surface area contributed by atoms with Crippen molar-refractivity contribution >= 4 is 17.3 Å². The Balaban J connectivity index is 2.24. The van der Waals surface area contributed by atoms with Gasteiger partial charge >= 0.3 is 5.97 Å². The fourth-order valence-corrected chi connectivity index (χ4v) is 1.73. The van der Waals surface area contributed by atoms with Crippen molar-refractivity contribution in [3.63, 3.8) is 0 Å². The molecule has 1 aromatic rings. The lowest BCUT2D eigenvalue weighted by molar-refractivity contribution is -0.384. The minimum atomic E-state index is -0.465. The standard InChI is InChI=1S/C10H10N2O4/c1-16-10(13)9-4-6-2-3-7(12(14)15)5-8(6)11-9/h2-3,5,9,11H,4H2,1H3/t9-/m1/s1. The van der Waals surface area contributed by atoms with E-state index in [9.17, 15) is 14.9 Å². The molecule has 0 saturated heterocycles. The third kappa shape index (κ3) is 1.69. The van der Waals surface area contributed by atoms with Crippen molar-refractivity contribution in [3.8, 4) is 0 Å². The molecule has 0 spiro atoms. The highest BCUT2D eigenvalue weighted by Gasteiger charge is 2.28. The summed E-state index contributed by atoms with van der Waals surface area (Å²) < 4.78 is 4.61. The summed E-state index contributed by atoms with van der Waals surface area (Å²) in [6.07, 6.45) is 0.500. The Labute approximate surface area is 91.4 Å². The van der Waals surface area contributed by atoms with Crippen LogP contribution in [0, 0.1) is 10.1 Å². The van der Waals surface area contributed by atoms with Gasteiger partial charge in [0.05, 0.1) is 12.0 Å². The maximum atomic E-state index is 11.3. The van der Waals surface area contributed by atoms with E-state index in [1.807, 2.05) is 0 Å².